The van der Waals surface area contributed by atoms with E-state index in [2.05, 4.69) is 39.7 Å². The van der Waals surface area contributed by atoms with Crippen molar-refractivity contribution in [2.75, 3.05) is 5.32 Å². The van der Waals surface area contributed by atoms with E-state index in [0.29, 0.717) is 12.1 Å². The lowest BCUT2D eigenvalue weighted by atomic mass is 10.1. The Bertz CT molecular complexity index is 821. The number of carbonyl (C=O) groups excluding carboxylic acids is 1. The molecule has 2 N–H and O–H groups in total. The molecule has 0 bridgehead atoms. The molecule has 5 nitrogen and oxygen atoms in total. The van der Waals surface area contributed by atoms with Gasteiger partial charge in [0.25, 0.3) is 5.91 Å². The molecule has 2 aromatic heterocycles. The van der Waals surface area contributed by atoms with Gasteiger partial charge in [-0.25, -0.2) is 0 Å². The second-order valence-corrected chi connectivity index (χ2v) is 5.78. The molecular formula is C20H20N4O. The van der Waals surface area contributed by atoms with Crippen molar-refractivity contribution < 1.29 is 4.79 Å². The molecule has 0 spiro atoms. The van der Waals surface area contributed by atoms with Crippen LogP contribution in [-0.2, 0) is 6.54 Å². The van der Waals surface area contributed by atoms with Crippen molar-refractivity contribution in [3.05, 3.63) is 90.0 Å². The summed E-state index contributed by atoms with van der Waals surface area (Å²) in [6.07, 6.45) is 6.70. The number of amides is 1. The number of nitrogens with zero attached hydrogens (tertiary/aromatic N) is 2. The van der Waals surface area contributed by atoms with Crippen LogP contribution in [0.25, 0.3) is 0 Å². The third-order valence-electron chi connectivity index (χ3n) is 3.89. The normalized spacial score (nSPS) is 11.6. The van der Waals surface area contributed by atoms with Crippen molar-refractivity contribution in [3.8, 4) is 0 Å². The number of rotatable bonds is 6. The van der Waals surface area contributed by atoms with E-state index in [4.69, 9.17) is 0 Å². The molecule has 0 radical (unpaired) electrons. The lowest BCUT2D eigenvalue weighted by Gasteiger charge is -2.16. The van der Waals surface area contributed by atoms with Gasteiger partial charge >= 0.3 is 0 Å². The Hall–Kier alpha value is -3.21. The molecule has 126 valence electrons. The number of aromatic nitrogens is 2. The number of benzene rings is 1. The minimum absolute atomic E-state index is 0.123. The molecule has 0 saturated carbocycles. The van der Waals surface area contributed by atoms with Crippen molar-refractivity contribution in [1.82, 2.24) is 15.3 Å². The Balaban J connectivity index is 1.63. The molecule has 25 heavy (non-hydrogen) atoms. The fourth-order valence-electron chi connectivity index (χ4n) is 2.50. The van der Waals surface area contributed by atoms with Gasteiger partial charge in [0.15, 0.2) is 0 Å². The van der Waals surface area contributed by atoms with Gasteiger partial charge in [0.05, 0.1) is 11.3 Å². The molecule has 1 atom stereocenters. The molecule has 0 aliphatic carbocycles. The molecule has 0 fully saturated rings. The smallest absolute Gasteiger partial charge is 0.253 e. The van der Waals surface area contributed by atoms with Gasteiger partial charge < -0.3 is 10.6 Å². The average Bonchev–Trinajstić information content (AvgIpc) is 2.68. The Morgan fingerprint density at radius 2 is 1.80 bits per heavy atom. The maximum Gasteiger partial charge on any atom is 0.253 e. The summed E-state index contributed by atoms with van der Waals surface area (Å²) in [5.41, 5.74) is 3.52. The summed E-state index contributed by atoms with van der Waals surface area (Å²) in [6.45, 7) is 2.53. The van der Waals surface area contributed by atoms with Crippen molar-refractivity contribution in [1.29, 1.82) is 0 Å². The second kappa shape index (κ2) is 8.06. The maximum atomic E-state index is 12.3. The van der Waals surface area contributed by atoms with E-state index in [-0.39, 0.29) is 11.9 Å². The van der Waals surface area contributed by atoms with Gasteiger partial charge in [-0.1, -0.05) is 30.3 Å². The molecule has 1 aromatic carbocycles. The monoisotopic (exact) mass is 332 g/mol. The molecule has 2 heterocycles. The van der Waals surface area contributed by atoms with Gasteiger partial charge in [0.1, 0.15) is 0 Å². The molecule has 3 rings (SSSR count). The summed E-state index contributed by atoms with van der Waals surface area (Å²) >= 11 is 0. The van der Waals surface area contributed by atoms with E-state index in [0.717, 1.165) is 11.3 Å². The number of hydrogen-bond acceptors (Lipinski definition) is 4. The Labute approximate surface area is 147 Å². The fraction of sp³-hybridized carbons (Fsp3) is 0.150. The van der Waals surface area contributed by atoms with E-state index in [9.17, 15) is 4.79 Å². The molecule has 1 amide bonds. The van der Waals surface area contributed by atoms with Crippen LogP contribution in [0.2, 0.25) is 0 Å². The SMILES string of the molecule is CC(Nc1cncc(C(=O)NCc2ccncc2)c1)c1ccccc1. The summed E-state index contributed by atoms with van der Waals surface area (Å²) in [5, 5.41) is 6.27. The van der Waals surface area contributed by atoms with Crippen molar-refractivity contribution in [2.24, 2.45) is 0 Å². The van der Waals surface area contributed by atoms with Crippen LogP contribution in [0.3, 0.4) is 0 Å². The first kappa shape index (κ1) is 16.6. The molecular weight excluding hydrogens is 312 g/mol. The van der Waals surface area contributed by atoms with Crippen LogP contribution < -0.4 is 10.6 Å². The number of pyridine rings is 2. The van der Waals surface area contributed by atoms with Gasteiger partial charge in [-0.05, 0) is 36.2 Å². The van der Waals surface area contributed by atoms with E-state index in [1.165, 1.54) is 5.56 Å². The summed E-state index contributed by atoms with van der Waals surface area (Å²) in [5.74, 6) is -0.152. The summed E-state index contributed by atoms with van der Waals surface area (Å²) in [7, 11) is 0. The first-order valence-electron chi connectivity index (χ1n) is 8.16. The number of carbonyl (C=O) groups is 1. The predicted molar refractivity (Wildman–Crippen MR) is 98.1 cm³/mol. The highest BCUT2D eigenvalue weighted by molar-refractivity contribution is 5.94. The molecule has 5 heteroatoms. The van der Waals surface area contributed by atoms with Crippen molar-refractivity contribution in [3.63, 3.8) is 0 Å². The minimum Gasteiger partial charge on any atom is -0.377 e. The molecule has 0 aliphatic heterocycles. The zero-order valence-corrected chi connectivity index (χ0v) is 14.0. The Kier molecular flexibility index (Phi) is 5.36. The van der Waals surface area contributed by atoms with Gasteiger partial charge in [-0.2, -0.15) is 0 Å². The largest absolute Gasteiger partial charge is 0.377 e. The van der Waals surface area contributed by atoms with Gasteiger partial charge in [0.2, 0.25) is 0 Å². The lowest BCUT2D eigenvalue weighted by molar-refractivity contribution is 0.0950. The standard InChI is InChI=1S/C20H20N4O/c1-15(17-5-3-2-4-6-17)24-19-11-18(13-22-14-19)20(25)23-12-16-7-9-21-10-8-16/h2-11,13-15,24H,12H2,1H3,(H,23,25). The van der Waals surface area contributed by atoms with E-state index < -0.39 is 0 Å². The van der Waals surface area contributed by atoms with Crippen LogP contribution in [0.5, 0.6) is 0 Å². The number of hydrogen-bond donors (Lipinski definition) is 2. The zero-order valence-electron chi connectivity index (χ0n) is 14.0. The first-order valence-corrected chi connectivity index (χ1v) is 8.16. The van der Waals surface area contributed by atoms with Crippen molar-refractivity contribution >= 4 is 11.6 Å². The first-order chi connectivity index (χ1) is 12.2. The van der Waals surface area contributed by atoms with Crippen LogP contribution >= 0.6 is 0 Å². The van der Waals surface area contributed by atoms with Crippen LogP contribution in [0.4, 0.5) is 5.69 Å². The van der Waals surface area contributed by atoms with E-state index in [1.54, 1.807) is 24.8 Å². The van der Waals surface area contributed by atoms with E-state index >= 15 is 0 Å². The van der Waals surface area contributed by atoms with Gasteiger partial charge in [0, 0.05) is 37.4 Å². The average molecular weight is 332 g/mol. The highest BCUT2D eigenvalue weighted by atomic mass is 16.1. The Morgan fingerprint density at radius 1 is 1.04 bits per heavy atom. The van der Waals surface area contributed by atoms with Gasteiger partial charge in [-0.3, -0.25) is 14.8 Å². The quantitative estimate of drug-likeness (QED) is 0.724. The highest BCUT2D eigenvalue weighted by Crippen LogP contribution is 2.19. The van der Waals surface area contributed by atoms with Gasteiger partial charge in [-0.15, -0.1) is 0 Å². The molecule has 1 unspecified atom stereocenters. The topological polar surface area (TPSA) is 66.9 Å². The Morgan fingerprint density at radius 3 is 2.56 bits per heavy atom. The summed E-state index contributed by atoms with van der Waals surface area (Å²) in [6, 6.07) is 15.8. The van der Waals surface area contributed by atoms with Crippen LogP contribution in [0.1, 0.15) is 34.5 Å². The fourth-order valence-corrected chi connectivity index (χ4v) is 2.50. The molecule has 0 aliphatic rings. The zero-order chi connectivity index (χ0) is 17.5. The lowest BCUT2D eigenvalue weighted by Crippen LogP contribution is -2.23. The highest BCUT2D eigenvalue weighted by Gasteiger charge is 2.09. The third-order valence-corrected chi connectivity index (χ3v) is 3.89. The second-order valence-electron chi connectivity index (χ2n) is 5.78. The minimum atomic E-state index is -0.152. The third kappa shape index (κ3) is 4.64. The number of nitrogens with one attached hydrogen (secondary N) is 2. The van der Waals surface area contributed by atoms with E-state index in [1.807, 2.05) is 36.4 Å². The number of anilines is 1. The van der Waals surface area contributed by atoms with Crippen LogP contribution in [0.15, 0.2) is 73.3 Å². The van der Waals surface area contributed by atoms with Crippen molar-refractivity contribution in [2.45, 2.75) is 19.5 Å². The van der Waals surface area contributed by atoms with Crippen LogP contribution in [-0.4, -0.2) is 15.9 Å². The predicted octanol–water partition coefficient (Wildman–Crippen LogP) is 3.58. The summed E-state index contributed by atoms with van der Waals surface area (Å²) < 4.78 is 0. The molecule has 3 aromatic rings. The maximum absolute atomic E-state index is 12.3. The summed E-state index contributed by atoms with van der Waals surface area (Å²) in [4.78, 5) is 20.5. The van der Waals surface area contributed by atoms with Crippen LogP contribution in [0, 0.1) is 0 Å². The molecule has 0 saturated heterocycles.